The highest BCUT2D eigenvalue weighted by Gasteiger charge is 2.53. The first-order valence-corrected chi connectivity index (χ1v) is 7.00. The molecule has 3 amide bonds. The van der Waals surface area contributed by atoms with Gasteiger partial charge in [-0.25, -0.2) is 18.2 Å². The van der Waals surface area contributed by atoms with Crippen molar-refractivity contribution < 1.29 is 18.0 Å². The van der Waals surface area contributed by atoms with Gasteiger partial charge in [-0.1, -0.05) is 0 Å². The zero-order chi connectivity index (χ0) is 13.7. The summed E-state index contributed by atoms with van der Waals surface area (Å²) >= 11 is 0. The molecule has 19 heavy (non-hydrogen) atoms. The molecule has 0 saturated carbocycles. The van der Waals surface area contributed by atoms with Gasteiger partial charge in [-0.05, 0) is 6.42 Å². The summed E-state index contributed by atoms with van der Waals surface area (Å²) in [6.07, 6.45) is 2.72. The topological polar surface area (TPSA) is 124 Å². The lowest BCUT2D eigenvalue weighted by atomic mass is 10.00. The molecule has 0 bridgehead atoms. The molecule has 102 valence electrons. The van der Waals surface area contributed by atoms with Crippen molar-refractivity contribution in [3.05, 3.63) is 12.5 Å². The fourth-order valence-electron chi connectivity index (χ4n) is 2.32. The number of rotatable bonds is 2. The first-order valence-electron chi connectivity index (χ1n) is 5.56. The minimum absolute atomic E-state index is 0.0331. The molecule has 1 aromatic heterocycles. The van der Waals surface area contributed by atoms with Gasteiger partial charge in [0.05, 0.1) is 12.5 Å². The van der Waals surface area contributed by atoms with Crippen molar-refractivity contribution in [1.29, 1.82) is 0 Å². The molecule has 1 unspecified atom stereocenters. The molecule has 2 aliphatic rings. The number of aromatic nitrogens is 2. The Morgan fingerprint density at radius 1 is 1.37 bits per heavy atom. The Morgan fingerprint density at radius 2 is 2.16 bits per heavy atom. The van der Waals surface area contributed by atoms with Gasteiger partial charge in [-0.2, -0.15) is 4.31 Å². The number of carbonyl (C=O) groups excluding carboxylic acids is 2. The van der Waals surface area contributed by atoms with E-state index in [4.69, 9.17) is 0 Å². The van der Waals surface area contributed by atoms with E-state index in [-0.39, 0.29) is 24.5 Å². The van der Waals surface area contributed by atoms with Gasteiger partial charge in [0.1, 0.15) is 5.54 Å². The number of urea groups is 1. The SMILES string of the molecule is O=C1NC(=O)C2(CCN(S(=O)(=O)c3cnc[nH]3)C2)N1. The molecule has 2 fully saturated rings. The van der Waals surface area contributed by atoms with Crippen LogP contribution >= 0.6 is 0 Å². The summed E-state index contributed by atoms with van der Waals surface area (Å²) in [6, 6.07) is -0.592. The Kier molecular flexibility index (Phi) is 2.41. The van der Waals surface area contributed by atoms with Crippen LogP contribution in [0, 0.1) is 0 Å². The molecule has 9 nitrogen and oxygen atoms in total. The highest BCUT2D eigenvalue weighted by atomic mass is 32.2. The van der Waals surface area contributed by atoms with Crippen LogP contribution in [0.25, 0.3) is 0 Å². The molecule has 3 rings (SSSR count). The van der Waals surface area contributed by atoms with Crippen LogP contribution in [-0.2, 0) is 14.8 Å². The summed E-state index contributed by atoms with van der Waals surface area (Å²) in [4.78, 5) is 29.1. The third-order valence-corrected chi connectivity index (χ3v) is 5.11. The molecule has 3 heterocycles. The van der Waals surface area contributed by atoms with E-state index in [0.29, 0.717) is 0 Å². The van der Waals surface area contributed by atoms with Crippen molar-refractivity contribution in [3.8, 4) is 0 Å². The Balaban J connectivity index is 1.88. The maximum atomic E-state index is 12.2. The Bertz CT molecular complexity index is 640. The number of hydrogen-bond acceptors (Lipinski definition) is 5. The number of aromatic amines is 1. The number of nitrogens with one attached hydrogen (secondary N) is 3. The lowest BCUT2D eigenvalue weighted by molar-refractivity contribution is -0.123. The third kappa shape index (κ3) is 1.71. The number of amides is 3. The molecule has 10 heteroatoms. The molecule has 3 N–H and O–H groups in total. The number of hydrogen-bond donors (Lipinski definition) is 3. The largest absolute Gasteiger partial charge is 0.335 e. The van der Waals surface area contributed by atoms with Gasteiger partial charge in [0.25, 0.3) is 15.9 Å². The van der Waals surface area contributed by atoms with E-state index < -0.39 is 27.5 Å². The van der Waals surface area contributed by atoms with E-state index in [0.717, 1.165) is 4.31 Å². The van der Waals surface area contributed by atoms with Gasteiger partial charge in [0.2, 0.25) is 0 Å². The average Bonchev–Trinajstić information content (AvgIpc) is 3.02. The summed E-state index contributed by atoms with van der Waals surface area (Å²) in [7, 11) is -3.72. The van der Waals surface area contributed by atoms with Crippen LogP contribution in [0.1, 0.15) is 6.42 Å². The smallest absolute Gasteiger partial charge is 0.322 e. The number of carbonyl (C=O) groups is 2. The fourth-order valence-corrected chi connectivity index (χ4v) is 3.71. The molecule has 2 aliphatic heterocycles. The fraction of sp³-hybridized carbons (Fsp3) is 0.444. The van der Waals surface area contributed by atoms with E-state index >= 15 is 0 Å². The van der Waals surface area contributed by atoms with Crippen LogP contribution in [0.3, 0.4) is 0 Å². The second kappa shape index (κ2) is 3.78. The average molecular weight is 285 g/mol. The molecule has 2 saturated heterocycles. The van der Waals surface area contributed by atoms with E-state index in [1.54, 1.807) is 0 Å². The minimum Gasteiger partial charge on any atom is -0.335 e. The van der Waals surface area contributed by atoms with Crippen LogP contribution in [0.2, 0.25) is 0 Å². The number of nitrogens with zero attached hydrogens (tertiary/aromatic N) is 2. The highest BCUT2D eigenvalue weighted by molar-refractivity contribution is 7.89. The zero-order valence-electron chi connectivity index (χ0n) is 9.71. The normalized spacial score (nSPS) is 27.8. The Hall–Kier alpha value is -1.94. The molecule has 0 radical (unpaired) electrons. The Morgan fingerprint density at radius 3 is 2.74 bits per heavy atom. The van der Waals surface area contributed by atoms with Gasteiger partial charge in [-0.15, -0.1) is 0 Å². The lowest BCUT2D eigenvalue weighted by Crippen LogP contribution is -2.49. The Labute approximate surface area is 108 Å². The van der Waals surface area contributed by atoms with Crippen molar-refractivity contribution in [3.63, 3.8) is 0 Å². The molecule has 0 aromatic carbocycles. The first-order chi connectivity index (χ1) is 8.94. The predicted molar refractivity (Wildman–Crippen MR) is 61.4 cm³/mol. The second-order valence-corrected chi connectivity index (χ2v) is 6.40. The standard InChI is InChI=1S/C9H11N5O4S/c15-7-9(13-8(16)12-7)1-2-14(4-9)19(17,18)6-3-10-5-11-6/h3,5H,1-2,4H2,(H,10,11)(H2,12,13,15,16). The van der Waals surface area contributed by atoms with E-state index in [9.17, 15) is 18.0 Å². The first kappa shape index (κ1) is 12.1. The zero-order valence-corrected chi connectivity index (χ0v) is 10.5. The van der Waals surface area contributed by atoms with Crippen LogP contribution in [-0.4, -0.2) is 53.3 Å². The summed E-state index contributed by atoms with van der Waals surface area (Å²) in [5, 5.41) is 4.59. The van der Waals surface area contributed by atoms with Crippen molar-refractivity contribution in [2.24, 2.45) is 0 Å². The maximum absolute atomic E-state index is 12.2. The molecular weight excluding hydrogens is 274 g/mol. The highest BCUT2D eigenvalue weighted by Crippen LogP contribution is 2.28. The maximum Gasteiger partial charge on any atom is 0.322 e. The van der Waals surface area contributed by atoms with Crippen LogP contribution in [0.4, 0.5) is 4.79 Å². The molecule has 1 aromatic rings. The van der Waals surface area contributed by atoms with E-state index in [2.05, 4.69) is 20.6 Å². The van der Waals surface area contributed by atoms with E-state index in [1.165, 1.54) is 12.5 Å². The molecule has 1 atom stereocenters. The van der Waals surface area contributed by atoms with Crippen molar-refractivity contribution in [2.75, 3.05) is 13.1 Å². The number of imide groups is 1. The van der Waals surface area contributed by atoms with Crippen LogP contribution in [0.15, 0.2) is 17.6 Å². The number of sulfonamides is 1. The number of H-pyrrole nitrogens is 1. The number of imidazole rings is 1. The predicted octanol–water partition coefficient (Wildman–Crippen LogP) is -1.62. The molecule has 1 spiro atoms. The summed E-state index contributed by atoms with van der Waals surface area (Å²) in [6.45, 7) is 0.0843. The lowest BCUT2D eigenvalue weighted by Gasteiger charge is -2.20. The second-order valence-electron chi connectivity index (χ2n) is 4.49. The van der Waals surface area contributed by atoms with Crippen molar-refractivity contribution in [1.82, 2.24) is 24.9 Å². The van der Waals surface area contributed by atoms with Gasteiger partial charge in [0.15, 0.2) is 5.03 Å². The van der Waals surface area contributed by atoms with Gasteiger partial charge in [0, 0.05) is 13.1 Å². The van der Waals surface area contributed by atoms with E-state index in [1.807, 2.05) is 0 Å². The van der Waals surface area contributed by atoms with Gasteiger partial charge >= 0.3 is 6.03 Å². The summed E-state index contributed by atoms with van der Waals surface area (Å²) < 4.78 is 25.6. The quantitative estimate of drug-likeness (QED) is 0.563. The van der Waals surface area contributed by atoms with Gasteiger partial charge in [-0.3, -0.25) is 10.1 Å². The summed E-state index contributed by atoms with van der Waals surface area (Å²) in [5.41, 5.74) is -1.15. The third-order valence-electron chi connectivity index (χ3n) is 3.34. The van der Waals surface area contributed by atoms with Crippen LogP contribution < -0.4 is 10.6 Å². The van der Waals surface area contributed by atoms with Crippen molar-refractivity contribution >= 4 is 22.0 Å². The minimum atomic E-state index is -3.72. The van der Waals surface area contributed by atoms with Crippen molar-refractivity contribution in [2.45, 2.75) is 17.0 Å². The molecule has 0 aliphatic carbocycles. The van der Waals surface area contributed by atoms with Crippen LogP contribution in [0.5, 0.6) is 0 Å². The summed E-state index contributed by atoms with van der Waals surface area (Å²) in [5.74, 6) is -0.486. The molecular formula is C9H11N5O4S. The monoisotopic (exact) mass is 285 g/mol. The van der Waals surface area contributed by atoms with Gasteiger partial charge < -0.3 is 10.3 Å².